The molecule has 0 spiro atoms. The van der Waals surface area contributed by atoms with Crippen molar-refractivity contribution in [1.82, 2.24) is 4.90 Å². The highest BCUT2D eigenvalue weighted by Gasteiger charge is 2.60. The molecule has 1 heterocycles. The number of carbonyl (C=O) groups is 1. The minimum atomic E-state index is -0.170. The zero-order valence-corrected chi connectivity index (χ0v) is 21.1. The van der Waals surface area contributed by atoms with Crippen LogP contribution in [-0.4, -0.2) is 37.3 Å². The predicted molar refractivity (Wildman–Crippen MR) is 129 cm³/mol. The average Bonchev–Trinajstić information content (AvgIpc) is 2.69. The molecule has 4 atom stereocenters. The molecule has 0 aromatic heterocycles. The Bertz CT molecular complexity index is 844. The van der Waals surface area contributed by atoms with Crippen LogP contribution in [0.3, 0.4) is 0 Å². The SMILES string of the molecule is CC(CC(=O)OCOc1ccc2c(c1)[C@]13CCCC[C@]1(C)[C@H](C2)N(C)CC3)CC(C)(C)C. The largest absolute Gasteiger partial charge is 0.457 e. The number of hydrogen-bond donors (Lipinski definition) is 0. The van der Waals surface area contributed by atoms with Crippen molar-refractivity contribution in [3.05, 3.63) is 29.3 Å². The van der Waals surface area contributed by atoms with E-state index in [-0.39, 0.29) is 23.6 Å². The Hall–Kier alpha value is -1.55. The van der Waals surface area contributed by atoms with Crippen LogP contribution in [0.5, 0.6) is 5.75 Å². The van der Waals surface area contributed by atoms with Gasteiger partial charge in [-0.2, -0.15) is 0 Å². The second-order valence-corrected chi connectivity index (χ2v) is 12.3. The number of fused-ring (bicyclic) bond motifs is 1. The van der Waals surface area contributed by atoms with Crippen molar-refractivity contribution in [2.24, 2.45) is 16.7 Å². The number of likely N-dealkylation sites (tertiary alicyclic amines) is 1. The summed E-state index contributed by atoms with van der Waals surface area (Å²) in [5.41, 5.74) is 3.81. The van der Waals surface area contributed by atoms with Crippen molar-refractivity contribution in [2.45, 2.75) is 97.4 Å². The van der Waals surface area contributed by atoms with Crippen molar-refractivity contribution < 1.29 is 14.3 Å². The highest BCUT2D eigenvalue weighted by Crippen LogP contribution is 2.62. The number of likely N-dealkylation sites (N-methyl/N-ethyl adjacent to an activating group) is 1. The third kappa shape index (κ3) is 4.32. The number of ether oxygens (including phenoxy) is 2. The van der Waals surface area contributed by atoms with E-state index in [1.165, 1.54) is 49.8 Å². The van der Waals surface area contributed by atoms with Crippen LogP contribution in [0.25, 0.3) is 0 Å². The van der Waals surface area contributed by atoms with Gasteiger partial charge >= 0.3 is 5.97 Å². The highest BCUT2D eigenvalue weighted by atomic mass is 16.7. The van der Waals surface area contributed by atoms with E-state index in [4.69, 9.17) is 9.47 Å². The van der Waals surface area contributed by atoms with Gasteiger partial charge in [0.1, 0.15) is 5.75 Å². The Morgan fingerprint density at radius 3 is 2.72 bits per heavy atom. The Morgan fingerprint density at radius 1 is 1.22 bits per heavy atom. The first-order chi connectivity index (χ1) is 15.0. The van der Waals surface area contributed by atoms with Gasteiger partial charge in [0, 0.05) is 17.9 Å². The van der Waals surface area contributed by atoms with E-state index in [1.54, 1.807) is 0 Å². The monoisotopic (exact) mass is 441 g/mol. The molecule has 0 N–H and O–H groups in total. The first kappa shape index (κ1) is 23.6. The predicted octanol–water partition coefficient (Wildman–Crippen LogP) is 6.11. The van der Waals surface area contributed by atoms with Crippen LogP contribution in [-0.2, 0) is 21.4 Å². The Labute approximate surface area is 195 Å². The summed E-state index contributed by atoms with van der Waals surface area (Å²) in [6, 6.07) is 7.23. The fourth-order valence-electron chi connectivity index (χ4n) is 7.41. The second-order valence-electron chi connectivity index (χ2n) is 12.3. The molecule has 2 aliphatic carbocycles. The fraction of sp³-hybridized carbons (Fsp3) is 0.750. The van der Waals surface area contributed by atoms with Crippen LogP contribution >= 0.6 is 0 Å². The molecule has 4 nitrogen and oxygen atoms in total. The number of esters is 1. The van der Waals surface area contributed by atoms with Gasteiger partial charge in [0.05, 0.1) is 0 Å². The molecular formula is C28H43NO3. The Kier molecular flexibility index (Phi) is 6.39. The third-order valence-electron chi connectivity index (χ3n) is 8.73. The molecule has 2 bridgehead atoms. The molecule has 1 aromatic rings. The number of carbonyl (C=O) groups excluding carboxylic acids is 1. The minimum Gasteiger partial charge on any atom is -0.457 e. The van der Waals surface area contributed by atoms with Crippen molar-refractivity contribution in [3.63, 3.8) is 0 Å². The van der Waals surface area contributed by atoms with Crippen molar-refractivity contribution >= 4 is 5.97 Å². The molecule has 1 saturated carbocycles. The van der Waals surface area contributed by atoms with Crippen LogP contribution in [0.1, 0.15) is 90.7 Å². The van der Waals surface area contributed by atoms with Gasteiger partial charge in [-0.25, -0.2) is 0 Å². The third-order valence-corrected chi connectivity index (χ3v) is 8.73. The summed E-state index contributed by atoms with van der Waals surface area (Å²) in [7, 11) is 2.31. The molecule has 4 heteroatoms. The fourth-order valence-corrected chi connectivity index (χ4v) is 7.41. The molecule has 0 radical (unpaired) electrons. The van der Waals surface area contributed by atoms with Crippen molar-refractivity contribution in [3.8, 4) is 5.75 Å². The molecule has 1 saturated heterocycles. The zero-order valence-electron chi connectivity index (χ0n) is 21.1. The number of rotatable bonds is 6. The molecule has 2 fully saturated rings. The summed E-state index contributed by atoms with van der Waals surface area (Å²) < 4.78 is 11.4. The van der Waals surface area contributed by atoms with Crippen LogP contribution in [0.2, 0.25) is 0 Å². The van der Waals surface area contributed by atoms with E-state index in [0.717, 1.165) is 18.6 Å². The van der Waals surface area contributed by atoms with Gasteiger partial charge in [-0.1, -0.05) is 53.5 Å². The molecule has 178 valence electrons. The zero-order chi connectivity index (χ0) is 23.1. The lowest BCUT2D eigenvalue weighted by molar-refractivity contribution is -0.151. The maximum Gasteiger partial charge on any atom is 0.308 e. The summed E-state index contributed by atoms with van der Waals surface area (Å²) in [5.74, 6) is 0.974. The lowest BCUT2D eigenvalue weighted by Gasteiger charge is -2.65. The van der Waals surface area contributed by atoms with Gasteiger partial charge in [0.25, 0.3) is 0 Å². The van der Waals surface area contributed by atoms with Crippen LogP contribution < -0.4 is 4.74 Å². The molecule has 4 rings (SSSR count). The summed E-state index contributed by atoms with van der Waals surface area (Å²) in [6.45, 7) is 12.5. The van der Waals surface area contributed by atoms with Gasteiger partial charge < -0.3 is 14.4 Å². The van der Waals surface area contributed by atoms with E-state index in [2.05, 4.69) is 64.8 Å². The van der Waals surface area contributed by atoms with E-state index >= 15 is 0 Å². The molecule has 3 aliphatic rings. The first-order valence-electron chi connectivity index (χ1n) is 12.7. The molecular weight excluding hydrogens is 398 g/mol. The first-order valence-corrected chi connectivity index (χ1v) is 12.7. The lowest BCUT2D eigenvalue weighted by atomic mass is 9.45. The number of nitrogens with zero attached hydrogens (tertiary/aromatic N) is 1. The molecule has 32 heavy (non-hydrogen) atoms. The van der Waals surface area contributed by atoms with E-state index in [0.29, 0.717) is 23.8 Å². The average molecular weight is 442 g/mol. The summed E-state index contributed by atoms with van der Waals surface area (Å²) in [6.07, 6.45) is 9.07. The molecule has 1 aromatic carbocycles. The molecule has 1 unspecified atom stereocenters. The number of benzene rings is 1. The second kappa shape index (κ2) is 8.66. The summed E-state index contributed by atoms with van der Waals surface area (Å²) in [5, 5.41) is 0. The highest BCUT2D eigenvalue weighted by molar-refractivity contribution is 5.69. The lowest BCUT2D eigenvalue weighted by Crippen LogP contribution is -2.66. The quantitative estimate of drug-likeness (QED) is 0.394. The van der Waals surface area contributed by atoms with Gasteiger partial charge in [-0.05, 0) is 85.7 Å². The topological polar surface area (TPSA) is 38.8 Å². The van der Waals surface area contributed by atoms with E-state index in [1.807, 2.05) is 0 Å². The maximum absolute atomic E-state index is 12.3. The normalized spacial score (nSPS) is 30.8. The number of piperidine rings is 1. The van der Waals surface area contributed by atoms with Gasteiger partial charge in [-0.3, -0.25) is 4.79 Å². The van der Waals surface area contributed by atoms with Crippen molar-refractivity contribution in [1.29, 1.82) is 0 Å². The summed E-state index contributed by atoms with van der Waals surface area (Å²) in [4.78, 5) is 14.9. The Morgan fingerprint density at radius 2 is 1.97 bits per heavy atom. The van der Waals surface area contributed by atoms with E-state index < -0.39 is 0 Å². The van der Waals surface area contributed by atoms with E-state index in [9.17, 15) is 4.79 Å². The Balaban J connectivity index is 1.44. The van der Waals surface area contributed by atoms with Gasteiger partial charge in [0.15, 0.2) is 0 Å². The summed E-state index contributed by atoms with van der Waals surface area (Å²) >= 11 is 0. The van der Waals surface area contributed by atoms with Gasteiger partial charge in [-0.15, -0.1) is 0 Å². The van der Waals surface area contributed by atoms with Gasteiger partial charge in [0.2, 0.25) is 6.79 Å². The standard InChI is InChI=1S/C28H43NO3/c1-20(18-26(2,3)4)15-25(30)32-19-31-22-10-9-21-16-24-27(5)11-7-8-12-28(27,23(21)17-22)13-14-29(24)6/h9-10,17,20,24H,7-8,11-16,18-19H2,1-6H3/t20?,24-,27+,28+/m0/s1. The van der Waals surface area contributed by atoms with Crippen LogP contribution in [0.4, 0.5) is 0 Å². The minimum absolute atomic E-state index is 0.00448. The smallest absolute Gasteiger partial charge is 0.308 e. The molecule has 1 aliphatic heterocycles. The van der Waals surface area contributed by atoms with Crippen LogP contribution in [0.15, 0.2) is 18.2 Å². The van der Waals surface area contributed by atoms with Crippen LogP contribution in [0, 0.1) is 16.7 Å². The molecule has 0 amide bonds. The number of hydrogen-bond acceptors (Lipinski definition) is 4. The maximum atomic E-state index is 12.3. The van der Waals surface area contributed by atoms with Crippen molar-refractivity contribution in [2.75, 3.05) is 20.4 Å².